The Balaban J connectivity index is 1.12. The molecular weight excluding hydrogens is 574 g/mol. The second-order valence-electron chi connectivity index (χ2n) is 12.9. The molecule has 3 fully saturated rings. The number of amides is 2. The summed E-state index contributed by atoms with van der Waals surface area (Å²) in [6.45, 7) is 3.69. The molecule has 1 aromatic carbocycles. The fourth-order valence-electron chi connectivity index (χ4n) is 7.70. The van der Waals surface area contributed by atoms with E-state index in [0.717, 1.165) is 50.9 Å². The number of carbonyl (C=O) groups is 2. The van der Waals surface area contributed by atoms with Crippen LogP contribution in [0.5, 0.6) is 0 Å². The van der Waals surface area contributed by atoms with Gasteiger partial charge in [0.05, 0.1) is 6.04 Å². The lowest BCUT2D eigenvalue weighted by Gasteiger charge is -2.48. The van der Waals surface area contributed by atoms with Gasteiger partial charge in [-0.05, 0) is 86.1 Å². The molecule has 2 amide bonds. The normalized spacial score (nSPS) is 20.4. The van der Waals surface area contributed by atoms with Crippen molar-refractivity contribution < 1.29 is 9.59 Å². The number of piperidine rings is 2. The zero-order chi connectivity index (χ0) is 30.4. The number of nitrogens with zero attached hydrogens (tertiary/aromatic N) is 6. The maximum absolute atomic E-state index is 14.2. The molecule has 2 aromatic heterocycles. The lowest BCUT2D eigenvalue weighted by Crippen LogP contribution is -2.56. The summed E-state index contributed by atoms with van der Waals surface area (Å²) in [5, 5.41) is 8.89. The number of likely N-dealkylation sites (tertiary alicyclic amines) is 2. The SMILES string of the molecule is O=C(c1ccccn1)N1CCC(N[C@H](Cc2ccc(Cl)cc2)C(=O)N2CCC(Cn3cncn3)(C3CCCCC3)CC2)CC1. The molecule has 9 nitrogen and oxygen atoms in total. The number of carbonyl (C=O) groups excluding carboxylic acids is 2. The Morgan fingerprint density at radius 3 is 2.34 bits per heavy atom. The van der Waals surface area contributed by atoms with Crippen molar-refractivity contribution in [3.8, 4) is 0 Å². The van der Waals surface area contributed by atoms with Gasteiger partial charge in [0.25, 0.3) is 5.91 Å². The number of halogens is 1. The number of pyridine rings is 1. The fraction of sp³-hybridized carbons (Fsp3) is 0.559. The van der Waals surface area contributed by atoms with E-state index in [4.69, 9.17) is 11.6 Å². The molecule has 0 spiro atoms. The van der Waals surface area contributed by atoms with Crippen LogP contribution in [0, 0.1) is 11.3 Å². The number of nitrogens with one attached hydrogen (secondary N) is 1. The van der Waals surface area contributed by atoms with E-state index in [0.29, 0.717) is 36.1 Å². The fourth-order valence-corrected chi connectivity index (χ4v) is 7.82. The molecule has 6 rings (SSSR count). The van der Waals surface area contributed by atoms with Gasteiger partial charge >= 0.3 is 0 Å². The summed E-state index contributed by atoms with van der Waals surface area (Å²) < 4.78 is 2.00. The Labute approximate surface area is 265 Å². The molecule has 44 heavy (non-hydrogen) atoms. The standard InChI is InChI=1S/C34H44ClN7O2/c35-28-11-9-26(10-12-28)22-31(39-29-13-18-40(19-14-29)32(43)30-8-4-5-17-37-30)33(44)41-20-15-34(16-21-41,23-42-25-36-24-38-42)27-6-2-1-3-7-27/h4-5,8-12,17,24-25,27,29,31,39H,1-3,6-7,13-16,18-23H2/t31-/m1/s1. The van der Waals surface area contributed by atoms with Crippen LogP contribution >= 0.6 is 11.6 Å². The topological polar surface area (TPSA) is 96.2 Å². The highest BCUT2D eigenvalue weighted by molar-refractivity contribution is 6.30. The van der Waals surface area contributed by atoms with Crippen molar-refractivity contribution in [3.05, 3.63) is 77.6 Å². The van der Waals surface area contributed by atoms with Gasteiger partial charge < -0.3 is 15.1 Å². The second kappa shape index (κ2) is 14.2. The maximum atomic E-state index is 14.2. The van der Waals surface area contributed by atoms with Gasteiger partial charge in [0.15, 0.2) is 0 Å². The van der Waals surface area contributed by atoms with Crippen molar-refractivity contribution in [3.63, 3.8) is 0 Å². The number of rotatable bonds is 9. The van der Waals surface area contributed by atoms with Gasteiger partial charge in [-0.3, -0.25) is 19.3 Å². The van der Waals surface area contributed by atoms with E-state index in [9.17, 15) is 9.59 Å². The lowest BCUT2D eigenvalue weighted by atomic mass is 9.63. The van der Waals surface area contributed by atoms with Crippen molar-refractivity contribution in [1.29, 1.82) is 0 Å². The van der Waals surface area contributed by atoms with E-state index < -0.39 is 0 Å². The predicted octanol–water partition coefficient (Wildman–Crippen LogP) is 5.02. The van der Waals surface area contributed by atoms with Crippen LogP contribution < -0.4 is 5.32 Å². The molecule has 1 saturated carbocycles. The van der Waals surface area contributed by atoms with Crippen molar-refractivity contribution in [1.82, 2.24) is 34.9 Å². The van der Waals surface area contributed by atoms with Gasteiger partial charge in [0.1, 0.15) is 18.3 Å². The summed E-state index contributed by atoms with van der Waals surface area (Å²) in [5.41, 5.74) is 1.72. The second-order valence-corrected chi connectivity index (χ2v) is 13.4. The Hall–Kier alpha value is -3.30. The summed E-state index contributed by atoms with van der Waals surface area (Å²) >= 11 is 6.18. The van der Waals surface area contributed by atoms with Crippen LogP contribution in [0.25, 0.3) is 0 Å². The Bertz CT molecular complexity index is 1350. The third kappa shape index (κ3) is 7.32. The van der Waals surface area contributed by atoms with E-state index in [-0.39, 0.29) is 29.3 Å². The van der Waals surface area contributed by atoms with E-state index in [1.807, 2.05) is 52.3 Å². The summed E-state index contributed by atoms with van der Waals surface area (Å²) in [6, 6.07) is 13.1. The number of aromatic nitrogens is 4. The van der Waals surface area contributed by atoms with E-state index in [2.05, 4.69) is 25.3 Å². The lowest BCUT2D eigenvalue weighted by molar-refractivity contribution is -0.137. The summed E-state index contributed by atoms with van der Waals surface area (Å²) in [5.74, 6) is 0.808. The Morgan fingerprint density at radius 1 is 0.932 bits per heavy atom. The van der Waals surface area contributed by atoms with Crippen LogP contribution in [-0.4, -0.2) is 79.6 Å². The van der Waals surface area contributed by atoms with Crippen LogP contribution in [0.15, 0.2) is 61.3 Å². The van der Waals surface area contributed by atoms with Crippen molar-refractivity contribution in [2.45, 2.75) is 82.8 Å². The monoisotopic (exact) mass is 617 g/mol. The molecule has 3 aromatic rings. The highest BCUT2D eigenvalue weighted by atomic mass is 35.5. The van der Waals surface area contributed by atoms with E-state index in [1.165, 1.54) is 32.1 Å². The molecular formula is C34H44ClN7O2. The van der Waals surface area contributed by atoms with Gasteiger partial charge in [-0.1, -0.05) is 49.1 Å². The first-order valence-electron chi connectivity index (χ1n) is 16.3. The quantitative estimate of drug-likeness (QED) is 0.362. The highest BCUT2D eigenvalue weighted by Crippen LogP contribution is 2.47. The van der Waals surface area contributed by atoms with Crippen molar-refractivity contribution in [2.24, 2.45) is 11.3 Å². The zero-order valence-corrected chi connectivity index (χ0v) is 26.2. The zero-order valence-electron chi connectivity index (χ0n) is 25.5. The summed E-state index contributed by atoms with van der Waals surface area (Å²) in [6.07, 6.45) is 15.8. The van der Waals surface area contributed by atoms with Gasteiger partial charge in [-0.2, -0.15) is 5.10 Å². The molecule has 1 atom stereocenters. The third-order valence-corrected chi connectivity index (χ3v) is 10.5. The van der Waals surface area contributed by atoms with Gasteiger partial charge in [-0.25, -0.2) is 4.98 Å². The first-order valence-corrected chi connectivity index (χ1v) is 16.7. The minimum absolute atomic E-state index is 0.0292. The molecule has 3 aliphatic rings. The average Bonchev–Trinajstić information content (AvgIpc) is 3.59. The average molecular weight is 618 g/mol. The van der Waals surface area contributed by atoms with Gasteiger partial charge in [-0.15, -0.1) is 0 Å². The molecule has 0 radical (unpaired) electrons. The Morgan fingerprint density at radius 2 is 1.68 bits per heavy atom. The molecule has 1 N–H and O–H groups in total. The van der Waals surface area contributed by atoms with Crippen LogP contribution in [0.4, 0.5) is 0 Å². The van der Waals surface area contributed by atoms with E-state index in [1.54, 1.807) is 18.6 Å². The molecule has 234 valence electrons. The van der Waals surface area contributed by atoms with Crippen molar-refractivity contribution >= 4 is 23.4 Å². The van der Waals surface area contributed by atoms with Crippen LogP contribution in [0.3, 0.4) is 0 Å². The first kappa shape index (κ1) is 30.7. The minimum atomic E-state index is -0.336. The molecule has 2 saturated heterocycles. The van der Waals surface area contributed by atoms with E-state index >= 15 is 0 Å². The molecule has 4 heterocycles. The number of benzene rings is 1. The molecule has 0 bridgehead atoms. The summed E-state index contributed by atoms with van der Waals surface area (Å²) in [4.78, 5) is 39.6. The number of hydrogen-bond donors (Lipinski definition) is 1. The van der Waals surface area contributed by atoms with Crippen LogP contribution in [-0.2, 0) is 17.8 Å². The molecule has 2 aliphatic heterocycles. The largest absolute Gasteiger partial charge is 0.341 e. The summed E-state index contributed by atoms with van der Waals surface area (Å²) in [7, 11) is 0. The minimum Gasteiger partial charge on any atom is -0.341 e. The third-order valence-electron chi connectivity index (χ3n) is 10.2. The molecule has 0 unspecified atom stereocenters. The van der Waals surface area contributed by atoms with Gasteiger partial charge in [0.2, 0.25) is 5.91 Å². The molecule has 1 aliphatic carbocycles. The number of hydrogen-bond acceptors (Lipinski definition) is 6. The Kier molecular flexibility index (Phi) is 9.92. The van der Waals surface area contributed by atoms with Crippen molar-refractivity contribution in [2.75, 3.05) is 26.2 Å². The molecule has 10 heteroatoms. The highest BCUT2D eigenvalue weighted by Gasteiger charge is 2.44. The van der Waals surface area contributed by atoms with Crippen LogP contribution in [0.1, 0.15) is 73.8 Å². The first-order chi connectivity index (χ1) is 21.5. The van der Waals surface area contributed by atoms with Gasteiger partial charge in [0, 0.05) is 50.0 Å². The maximum Gasteiger partial charge on any atom is 0.272 e. The predicted molar refractivity (Wildman–Crippen MR) is 170 cm³/mol. The van der Waals surface area contributed by atoms with Crippen LogP contribution in [0.2, 0.25) is 5.02 Å². The smallest absolute Gasteiger partial charge is 0.272 e.